The molecule has 2 rings (SSSR count). The second-order valence-corrected chi connectivity index (χ2v) is 5.06. The molecule has 0 fully saturated rings. The number of aromatic nitrogens is 2. The number of hydrogen-bond donors (Lipinski definition) is 2. The zero-order valence-electron chi connectivity index (χ0n) is 9.51. The summed E-state index contributed by atoms with van der Waals surface area (Å²) in [6.07, 6.45) is 3.57. The van der Waals surface area contributed by atoms with Crippen LogP contribution in [-0.2, 0) is 6.54 Å². The van der Waals surface area contributed by atoms with Gasteiger partial charge < -0.3 is 5.32 Å². The van der Waals surface area contributed by atoms with E-state index < -0.39 is 0 Å². The van der Waals surface area contributed by atoms with E-state index in [4.69, 9.17) is 0 Å². The Hall–Kier alpha value is -1.27. The summed E-state index contributed by atoms with van der Waals surface area (Å²) in [4.78, 5) is 12.7. The minimum Gasteiger partial charge on any atom is -0.350 e. The Balaban J connectivity index is 1.93. The highest BCUT2D eigenvalue weighted by Crippen LogP contribution is 2.19. The minimum atomic E-state index is -0.120. The van der Waals surface area contributed by atoms with E-state index >= 15 is 0 Å². The van der Waals surface area contributed by atoms with Gasteiger partial charge in [-0.05, 0) is 40.2 Å². The quantitative estimate of drug-likeness (QED) is 0.848. The summed E-state index contributed by atoms with van der Waals surface area (Å²) in [5.41, 5.74) is 0.586. The van der Waals surface area contributed by atoms with E-state index in [-0.39, 0.29) is 5.91 Å². The Labute approximate surface area is 119 Å². The number of halogens is 1. The van der Waals surface area contributed by atoms with E-state index in [2.05, 4.69) is 39.0 Å². The van der Waals surface area contributed by atoms with E-state index in [1.54, 1.807) is 16.9 Å². The van der Waals surface area contributed by atoms with Crippen molar-refractivity contribution < 1.29 is 4.79 Å². The van der Waals surface area contributed by atoms with Gasteiger partial charge in [-0.1, -0.05) is 0 Å². The van der Waals surface area contributed by atoms with Crippen LogP contribution >= 0.6 is 28.6 Å². The van der Waals surface area contributed by atoms with Crippen molar-refractivity contribution in [3.63, 3.8) is 0 Å². The molecular weight excluding hydrogens is 314 g/mol. The third kappa shape index (κ3) is 3.36. The van der Waals surface area contributed by atoms with Crippen LogP contribution in [-0.4, -0.2) is 22.2 Å². The Morgan fingerprint density at radius 3 is 3.06 bits per heavy atom. The molecule has 0 saturated carbocycles. The first-order valence-electron chi connectivity index (χ1n) is 5.41. The normalized spacial score (nSPS) is 10.3. The lowest BCUT2D eigenvalue weighted by molar-refractivity contribution is 0.0951. The van der Waals surface area contributed by atoms with Crippen molar-refractivity contribution in [1.82, 2.24) is 15.1 Å². The number of thiol groups is 1. The molecule has 4 nitrogen and oxygen atoms in total. The Morgan fingerprint density at radius 1 is 1.50 bits per heavy atom. The summed E-state index contributed by atoms with van der Waals surface area (Å²) in [7, 11) is 0. The minimum absolute atomic E-state index is 0.120. The summed E-state index contributed by atoms with van der Waals surface area (Å²) in [6, 6.07) is 7.22. The fourth-order valence-corrected chi connectivity index (χ4v) is 2.13. The molecule has 0 unspecified atom stereocenters. The summed E-state index contributed by atoms with van der Waals surface area (Å²) in [6.45, 7) is 1.18. The fraction of sp³-hybridized carbons (Fsp3) is 0.167. The second-order valence-electron chi connectivity index (χ2n) is 3.69. The lowest BCUT2D eigenvalue weighted by Crippen LogP contribution is -2.27. The molecule has 1 aromatic heterocycles. The fourth-order valence-electron chi connectivity index (χ4n) is 1.50. The Bertz CT molecular complexity index is 542. The van der Waals surface area contributed by atoms with E-state index in [1.807, 2.05) is 24.4 Å². The van der Waals surface area contributed by atoms with Gasteiger partial charge in [-0.2, -0.15) is 5.10 Å². The first-order valence-corrected chi connectivity index (χ1v) is 6.65. The van der Waals surface area contributed by atoms with Crippen molar-refractivity contribution in [2.24, 2.45) is 0 Å². The summed E-state index contributed by atoms with van der Waals surface area (Å²) >= 11 is 7.57. The second kappa shape index (κ2) is 6.06. The molecule has 1 aromatic carbocycles. The first kappa shape index (κ1) is 13.2. The number of hydrogen-bond acceptors (Lipinski definition) is 3. The molecular formula is C12H12BrN3OS. The van der Waals surface area contributed by atoms with Gasteiger partial charge in [-0.15, -0.1) is 12.6 Å². The van der Waals surface area contributed by atoms with Crippen molar-refractivity contribution >= 4 is 34.5 Å². The maximum Gasteiger partial charge on any atom is 0.252 e. The number of amides is 1. The maximum absolute atomic E-state index is 11.9. The third-order valence-electron chi connectivity index (χ3n) is 2.38. The zero-order valence-corrected chi connectivity index (χ0v) is 12.0. The van der Waals surface area contributed by atoms with Crippen LogP contribution in [0, 0.1) is 0 Å². The van der Waals surface area contributed by atoms with E-state index in [9.17, 15) is 4.79 Å². The highest BCUT2D eigenvalue weighted by Gasteiger charge is 2.09. The van der Waals surface area contributed by atoms with Crippen molar-refractivity contribution in [2.45, 2.75) is 11.4 Å². The molecule has 0 atom stereocenters. The molecule has 0 spiro atoms. The molecule has 0 saturated heterocycles. The standard InChI is InChI=1S/C12H12BrN3OS/c13-11-3-2-9(18)8-10(11)12(17)14-5-7-16-6-1-4-15-16/h1-4,6,8,18H,5,7H2,(H,14,17). The van der Waals surface area contributed by atoms with Crippen molar-refractivity contribution in [3.8, 4) is 0 Å². The maximum atomic E-state index is 11.9. The van der Waals surface area contributed by atoms with Crippen LogP contribution in [0.2, 0.25) is 0 Å². The van der Waals surface area contributed by atoms with Crippen LogP contribution in [0.5, 0.6) is 0 Å². The van der Waals surface area contributed by atoms with Crippen LogP contribution in [0.25, 0.3) is 0 Å². The van der Waals surface area contributed by atoms with Gasteiger partial charge in [-0.25, -0.2) is 0 Å². The average molecular weight is 326 g/mol. The molecule has 18 heavy (non-hydrogen) atoms. The molecule has 0 radical (unpaired) electrons. The lowest BCUT2D eigenvalue weighted by atomic mass is 10.2. The molecule has 1 N–H and O–H groups in total. The third-order valence-corrected chi connectivity index (χ3v) is 3.35. The van der Waals surface area contributed by atoms with Crippen molar-refractivity contribution in [1.29, 1.82) is 0 Å². The highest BCUT2D eigenvalue weighted by atomic mass is 79.9. The van der Waals surface area contributed by atoms with Gasteiger partial charge in [0.05, 0.1) is 12.1 Å². The summed E-state index contributed by atoms with van der Waals surface area (Å²) in [5, 5.41) is 6.90. The van der Waals surface area contributed by atoms with E-state index in [1.165, 1.54) is 0 Å². The lowest BCUT2D eigenvalue weighted by Gasteiger charge is -2.07. The molecule has 2 aromatic rings. The monoisotopic (exact) mass is 325 g/mol. The molecule has 0 aliphatic heterocycles. The molecule has 1 heterocycles. The number of carbonyl (C=O) groups is 1. The predicted octanol–water partition coefficient (Wildman–Crippen LogP) is 2.36. The van der Waals surface area contributed by atoms with Crippen LogP contribution < -0.4 is 5.32 Å². The number of benzene rings is 1. The van der Waals surface area contributed by atoms with Gasteiger partial charge in [-0.3, -0.25) is 9.48 Å². The molecule has 94 valence electrons. The largest absolute Gasteiger partial charge is 0.350 e. The zero-order chi connectivity index (χ0) is 13.0. The van der Waals surface area contributed by atoms with Crippen LogP contribution in [0.4, 0.5) is 0 Å². The number of nitrogens with zero attached hydrogens (tertiary/aromatic N) is 2. The van der Waals surface area contributed by atoms with Gasteiger partial charge >= 0.3 is 0 Å². The molecule has 6 heteroatoms. The van der Waals surface area contributed by atoms with Crippen LogP contribution in [0.3, 0.4) is 0 Å². The van der Waals surface area contributed by atoms with Crippen LogP contribution in [0.1, 0.15) is 10.4 Å². The van der Waals surface area contributed by atoms with Gasteiger partial charge in [0.2, 0.25) is 0 Å². The number of nitrogens with one attached hydrogen (secondary N) is 1. The molecule has 0 bridgehead atoms. The van der Waals surface area contributed by atoms with Crippen LogP contribution in [0.15, 0.2) is 46.0 Å². The van der Waals surface area contributed by atoms with E-state index in [0.717, 1.165) is 9.37 Å². The van der Waals surface area contributed by atoms with Gasteiger partial charge in [0.15, 0.2) is 0 Å². The van der Waals surface area contributed by atoms with E-state index in [0.29, 0.717) is 18.7 Å². The smallest absolute Gasteiger partial charge is 0.252 e. The highest BCUT2D eigenvalue weighted by molar-refractivity contribution is 9.10. The topological polar surface area (TPSA) is 46.9 Å². The SMILES string of the molecule is O=C(NCCn1cccn1)c1cc(S)ccc1Br. The summed E-state index contributed by atoms with van der Waals surface area (Å²) in [5.74, 6) is -0.120. The van der Waals surface area contributed by atoms with Crippen molar-refractivity contribution in [3.05, 3.63) is 46.7 Å². The average Bonchev–Trinajstić information content (AvgIpc) is 2.85. The van der Waals surface area contributed by atoms with Gasteiger partial charge in [0.1, 0.15) is 0 Å². The first-order chi connectivity index (χ1) is 8.66. The summed E-state index contributed by atoms with van der Waals surface area (Å²) < 4.78 is 2.53. The number of carbonyl (C=O) groups excluding carboxylic acids is 1. The van der Waals surface area contributed by atoms with Gasteiger partial charge in [0, 0.05) is 28.3 Å². The Morgan fingerprint density at radius 2 is 2.33 bits per heavy atom. The molecule has 0 aliphatic carbocycles. The Kier molecular flexibility index (Phi) is 4.43. The molecule has 0 aliphatic rings. The number of rotatable bonds is 4. The van der Waals surface area contributed by atoms with Crippen molar-refractivity contribution in [2.75, 3.05) is 6.54 Å². The predicted molar refractivity (Wildman–Crippen MR) is 76.0 cm³/mol. The molecule has 1 amide bonds. The van der Waals surface area contributed by atoms with Gasteiger partial charge in [0.25, 0.3) is 5.91 Å².